The van der Waals surface area contributed by atoms with Crippen LogP contribution in [-0.4, -0.2) is 23.0 Å². The Morgan fingerprint density at radius 3 is 2.89 bits per heavy atom. The van der Waals surface area contributed by atoms with E-state index in [4.69, 9.17) is 10.5 Å². The zero-order valence-electron chi connectivity index (χ0n) is 11.1. The Balaban J connectivity index is 2.52. The lowest BCUT2D eigenvalue weighted by molar-refractivity contribution is -0.127. The number of ether oxygens (including phenoxy) is 1. The summed E-state index contributed by atoms with van der Waals surface area (Å²) < 4.78 is 5.49. The predicted octanol–water partition coefficient (Wildman–Crippen LogP) is 1.74. The fraction of sp³-hybridized carbons (Fsp3) is 0.538. The lowest BCUT2D eigenvalue weighted by Crippen LogP contribution is -2.41. The normalized spacial score (nSPS) is 13.7. The number of pyridine rings is 1. The van der Waals surface area contributed by atoms with Crippen LogP contribution in [0, 0.1) is 0 Å². The Kier molecular flexibility index (Phi) is 5.42. The van der Waals surface area contributed by atoms with Crippen LogP contribution >= 0.6 is 0 Å². The Hall–Kier alpha value is -1.78. The van der Waals surface area contributed by atoms with Crippen molar-refractivity contribution in [2.45, 2.75) is 45.8 Å². The molecule has 0 aliphatic carbocycles. The largest absolute Gasteiger partial charge is 0.477 e. The molecular weight excluding hydrogens is 230 g/mol. The second-order valence-corrected chi connectivity index (χ2v) is 4.35. The second-order valence-electron chi connectivity index (χ2n) is 4.35. The van der Waals surface area contributed by atoms with Gasteiger partial charge < -0.3 is 15.8 Å². The van der Waals surface area contributed by atoms with Crippen molar-refractivity contribution < 1.29 is 9.53 Å². The summed E-state index contributed by atoms with van der Waals surface area (Å²) in [6.07, 6.45) is 2.98. The van der Waals surface area contributed by atoms with E-state index in [9.17, 15) is 4.79 Å². The molecular formula is C13H21N3O2. The van der Waals surface area contributed by atoms with Crippen LogP contribution in [-0.2, 0) is 4.79 Å². The lowest BCUT2D eigenvalue weighted by Gasteiger charge is -2.18. The smallest absolute Gasteiger partial charge is 0.260 e. The van der Waals surface area contributed by atoms with E-state index in [1.165, 1.54) is 0 Å². The number of rotatable bonds is 6. The average Bonchev–Trinajstić information content (AvgIpc) is 2.32. The summed E-state index contributed by atoms with van der Waals surface area (Å²) in [5, 5.41) is 2.90. The van der Waals surface area contributed by atoms with Gasteiger partial charge in [0.1, 0.15) is 0 Å². The van der Waals surface area contributed by atoms with Crippen molar-refractivity contribution in [3.05, 3.63) is 18.3 Å². The van der Waals surface area contributed by atoms with Gasteiger partial charge in [-0.15, -0.1) is 0 Å². The van der Waals surface area contributed by atoms with E-state index in [1.807, 2.05) is 6.92 Å². The quantitative estimate of drug-likeness (QED) is 0.807. The number of nitrogens with one attached hydrogen (secondary N) is 1. The van der Waals surface area contributed by atoms with Gasteiger partial charge >= 0.3 is 0 Å². The number of nitrogen functional groups attached to an aromatic ring is 1. The van der Waals surface area contributed by atoms with Gasteiger partial charge in [-0.05, 0) is 32.4 Å². The van der Waals surface area contributed by atoms with E-state index in [1.54, 1.807) is 25.3 Å². The summed E-state index contributed by atoms with van der Waals surface area (Å²) in [7, 11) is 0. The number of carbonyl (C=O) groups excluding carboxylic acids is 1. The topological polar surface area (TPSA) is 77.2 Å². The summed E-state index contributed by atoms with van der Waals surface area (Å²) in [5.74, 6) is 0.584. The van der Waals surface area contributed by atoms with Gasteiger partial charge in [-0.3, -0.25) is 4.79 Å². The summed E-state index contributed by atoms with van der Waals surface area (Å²) >= 11 is 0. The van der Waals surface area contributed by atoms with Gasteiger partial charge in [0, 0.05) is 12.2 Å². The monoisotopic (exact) mass is 251 g/mol. The minimum atomic E-state index is -0.587. The zero-order chi connectivity index (χ0) is 13.5. The van der Waals surface area contributed by atoms with Crippen LogP contribution in [0.3, 0.4) is 0 Å². The molecule has 0 spiro atoms. The Morgan fingerprint density at radius 1 is 1.56 bits per heavy atom. The van der Waals surface area contributed by atoms with E-state index >= 15 is 0 Å². The van der Waals surface area contributed by atoms with Crippen molar-refractivity contribution in [1.29, 1.82) is 0 Å². The molecule has 3 N–H and O–H groups in total. The number of nitrogens with two attached hydrogens (primary N) is 1. The number of hydrogen-bond donors (Lipinski definition) is 2. The molecule has 1 amide bonds. The molecule has 0 aliphatic heterocycles. The van der Waals surface area contributed by atoms with Crippen LogP contribution in [0.2, 0.25) is 0 Å². The summed E-state index contributed by atoms with van der Waals surface area (Å²) in [4.78, 5) is 15.7. The van der Waals surface area contributed by atoms with Gasteiger partial charge in [0.2, 0.25) is 0 Å². The number of anilines is 1. The second kappa shape index (κ2) is 6.83. The highest BCUT2D eigenvalue weighted by molar-refractivity contribution is 5.81. The molecule has 1 aromatic heterocycles. The fourth-order valence-electron chi connectivity index (χ4n) is 1.61. The lowest BCUT2D eigenvalue weighted by atomic mass is 10.2. The molecule has 5 heteroatoms. The number of carbonyl (C=O) groups is 1. The van der Waals surface area contributed by atoms with Crippen molar-refractivity contribution in [3.8, 4) is 5.75 Å². The Bertz CT molecular complexity index is 396. The van der Waals surface area contributed by atoms with Gasteiger partial charge in [-0.25, -0.2) is 4.98 Å². The predicted molar refractivity (Wildman–Crippen MR) is 71.3 cm³/mol. The third-order valence-corrected chi connectivity index (χ3v) is 2.58. The molecule has 0 saturated carbocycles. The Morgan fingerprint density at radius 2 is 2.28 bits per heavy atom. The van der Waals surface area contributed by atoms with Gasteiger partial charge in [0.05, 0.1) is 0 Å². The van der Waals surface area contributed by atoms with Gasteiger partial charge in [-0.2, -0.15) is 0 Å². The van der Waals surface area contributed by atoms with Crippen molar-refractivity contribution in [1.82, 2.24) is 10.3 Å². The molecule has 100 valence electrons. The molecule has 0 fully saturated rings. The maximum Gasteiger partial charge on any atom is 0.260 e. The van der Waals surface area contributed by atoms with Crippen molar-refractivity contribution in [2.75, 3.05) is 5.73 Å². The first-order valence-electron chi connectivity index (χ1n) is 6.22. The molecule has 0 aliphatic rings. The van der Waals surface area contributed by atoms with Crippen LogP contribution in [0.25, 0.3) is 0 Å². The Labute approximate surface area is 108 Å². The van der Waals surface area contributed by atoms with Crippen LogP contribution in [0.1, 0.15) is 33.6 Å². The first kappa shape index (κ1) is 14.3. The SMILES string of the molecule is CCCC(C)NC(=O)C(C)Oc1cccnc1N. The average molecular weight is 251 g/mol. The highest BCUT2D eigenvalue weighted by Crippen LogP contribution is 2.18. The van der Waals surface area contributed by atoms with Gasteiger partial charge in [0.25, 0.3) is 5.91 Å². The summed E-state index contributed by atoms with van der Waals surface area (Å²) in [5.41, 5.74) is 5.65. The molecule has 0 radical (unpaired) electrons. The van der Waals surface area contributed by atoms with Crippen molar-refractivity contribution >= 4 is 11.7 Å². The van der Waals surface area contributed by atoms with E-state index in [0.29, 0.717) is 11.6 Å². The van der Waals surface area contributed by atoms with E-state index < -0.39 is 6.10 Å². The van der Waals surface area contributed by atoms with Crippen LogP contribution < -0.4 is 15.8 Å². The van der Waals surface area contributed by atoms with E-state index in [0.717, 1.165) is 12.8 Å². The van der Waals surface area contributed by atoms with E-state index in [2.05, 4.69) is 17.2 Å². The molecule has 1 rings (SSSR count). The van der Waals surface area contributed by atoms with E-state index in [-0.39, 0.29) is 11.9 Å². The summed E-state index contributed by atoms with van der Waals surface area (Å²) in [6.45, 7) is 5.76. The molecule has 2 unspecified atom stereocenters. The first-order valence-corrected chi connectivity index (χ1v) is 6.22. The minimum Gasteiger partial charge on any atom is -0.477 e. The molecule has 5 nitrogen and oxygen atoms in total. The summed E-state index contributed by atoms with van der Waals surface area (Å²) in [6, 6.07) is 3.57. The third-order valence-electron chi connectivity index (χ3n) is 2.58. The molecule has 0 bridgehead atoms. The van der Waals surface area contributed by atoms with Crippen molar-refractivity contribution in [3.63, 3.8) is 0 Å². The minimum absolute atomic E-state index is 0.140. The van der Waals surface area contributed by atoms with Crippen molar-refractivity contribution in [2.24, 2.45) is 0 Å². The van der Waals surface area contributed by atoms with Gasteiger partial charge in [-0.1, -0.05) is 13.3 Å². The number of nitrogens with zero attached hydrogens (tertiary/aromatic N) is 1. The fourth-order valence-corrected chi connectivity index (χ4v) is 1.61. The zero-order valence-corrected chi connectivity index (χ0v) is 11.1. The maximum atomic E-state index is 11.8. The molecule has 0 saturated heterocycles. The number of hydrogen-bond acceptors (Lipinski definition) is 4. The third kappa shape index (κ3) is 4.24. The number of aromatic nitrogens is 1. The maximum absolute atomic E-state index is 11.8. The van der Waals surface area contributed by atoms with Crippen LogP contribution in [0.15, 0.2) is 18.3 Å². The van der Waals surface area contributed by atoms with Crippen LogP contribution in [0.5, 0.6) is 5.75 Å². The molecule has 18 heavy (non-hydrogen) atoms. The first-order chi connectivity index (χ1) is 8.54. The number of amides is 1. The molecule has 1 heterocycles. The highest BCUT2D eigenvalue weighted by atomic mass is 16.5. The molecule has 0 aromatic carbocycles. The highest BCUT2D eigenvalue weighted by Gasteiger charge is 2.17. The molecule has 1 aromatic rings. The van der Waals surface area contributed by atoms with Crippen LogP contribution in [0.4, 0.5) is 5.82 Å². The standard InChI is InChI=1S/C13H21N3O2/c1-4-6-9(2)16-13(17)10(3)18-11-7-5-8-15-12(11)14/h5,7-10H,4,6H2,1-3H3,(H2,14,15)(H,16,17). The van der Waals surface area contributed by atoms with Gasteiger partial charge in [0.15, 0.2) is 17.7 Å². The molecule has 2 atom stereocenters.